The summed E-state index contributed by atoms with van der Waals surface area (Å²) in [4.78, 5) is 11.3. The van der Waals surface area contributed by atoms with Crippen molar-refractivity contribution in [3.05, 3.63) is 29.8 Å². The Morgan fingerprint density at radius 2 is 1.83 bits per heavy atom. The van der Waals surface area contributed by atoms with Gasteiger partial charge in [0, 0.05) is 4.90 Å². The zero-order chi connectivity index (χ0) is 9.14. The summed E-state index contributed by atoms with van der Waals surface area (Å²) in [7, 11) is 0. The van der Waals surface area contributed by atoms with Crippen molar-refractivity contribution in [1.82, 2.24) is 0 Å². The Morgan fingerprint density at radius 3 is 2.25 bits per heavy atom. The summed E-state index contributed by atoms with van der Waals surface area (Å²) in [5.41, 5.74) is 0.670. The van der Waals surface area contributed by atoms with Crippen LogP contribution >= 0.6 is 25.3 Å². The molecule has 1 rings (SSSR count). The van der Waals surface area contributed by atoms with E-state index in [0.717, 1.165) is 4.90 Å². The molecule has 4 heteroatoms. The van der Waals surface area contributed by atoms with Crippen molar-refractivity contribution in [3.8, 4) is 0 Å². The molecule has 0 aliphatic heterocycles. The number of carbonyl (C=O) groups is 1. The molecule has 64 valence electrons. The first kappa shape index (κ1) is 9.48. The number of thiol groups is 2. The van der Waals surface area contributed by atoms with Gasteiger partial charge < -0.3 is 5.11 Å². The van der Waals surface area contributed by atoms with Gasteiger partial charge in [0.25, 0.3) is 0 Å². The molecule has 0 radical (unpaired) electrons. The van der Waals surface area contributed by atoms with Gasteiger partial charge in [-0.1, -0.05) is 12.1 Å². The molecule has 12 heavy (non-hydrogen) atoms. The first-order valence-corrected chi connectivity index (χ1v) is 4.27. The molecule has 0 saturated heterocycles. The third-order valence-electron chi connectivity index (χ3n) is 1.44. The van der Waals surface area contributed by atoms with E-state index in [9.17, 15) is 4.79 Å². The van der Waals surface area contributed by atoms with Crippen LogP contribution in [0.3, 0.4) is 0 Å². The monoisotopic (exact) mass is 200 g/mol. The van der Waals surface area contributed by atoms with Gasteiger partial charge in [-0.25, -0.2) is 0 Å². The van der Waals surface area contributed by atoms with E-state index in [0.29, 0.717) is 5.56 Å². The van der Waals surface area contributed by atoms with Crippen LogP contribution in [0, 0.1) is 0 Å². The van der Waals surface area contributed by atoms with Gasteiger partial charge in [-0.3, -0.25) is 4.79 Å². The molecule has 1 atom stereocenters. The van der Waals surface area contributed by atoms with E-state index in [1.807, 2.05) is 0 Å². The minimum atomic E-state index is -0.940. The highest BCUT2D eigenvalue weighted by Gasteiger charge is 2.13. The molecule has 0 aliphatic rings. The molecule has 1 aromatic carbocycles. The van der Waals surface area contributed by atoms with Crippen molar-refractivity contribution >= 4 is 31.2 Å². The lowest BCUT2D eigenvalue weighted by Gasteiger charge is -2.04. The zero-order valence-electron chi connectivity index (χ0n) is 6.14. The van der Waals surface area contributed by atoms with Gasteiger partial charge in [0.05, 0.1) is 0 Å². The smallest absolute Gasteiger partial charge is 0.320 e. The van der Waals surface area contributed by atoms with E-state index < -0.39 is 11.2 Å². The molecule has 0 amide bonds. The maximum atomic E-state index is 10.5. The Kier molecular flexibility index (Phi) is 3.05. The maximum absolute atomic E-state index is 10.5. The van der Waals surface area contributed by atoms with Crippen LogP contribution in [0.15, 0.2) is 29.2 Å². The second kappa shape index (κ2) is 3.87. The Labute approximate surface area is 81.4 Å². The average molecular weight is 200 g/mol. The maximum Gasteiger partial charge on any atom is 0.320 e. The second-order valence-electron chi connectivity index (χ2n) is 2.33. The van der Waals surface area contributed by atoms with Crippen LogP contribution in [0.4, 0.5) is 0 Å². The van der Waals surface area contributed by atoms with Gasteiger partial charge in [0.2, 0.25) is 0 Å². The van der Waals surface area contributed by atoms with Crippen molar-refractivity contribution in [3.63, 3.8) is 0 Å². The highest BCUT2D eigenvalue weighted by Crippen LogP contribution is 2.20. The summed E-state index contributed by atoms with van der Waals surface area (Å²) in [6.45, 7) is 0. The fourth-order valence-corrected chi connectivity index (χ4v) is 1.12. The normalized spacial score (nSPS) is 12.5. The molecule has 0 fully saturated rings. The highest BCUT2D eigenvalue weighted by atomic mass is 32.1. The lowest BCUT2D eigenvalue weighted by Crippen LogP contribution is -2.04. The largest absolute Gasteiger partial charge is 0.480 e. The molecule has 2 nitrogen and oxygen atoms in total. The average Bonchev–Trinajstić information content (AvgIpc) is 2.04. The quantitative estimate of drug-likeness (QED) is 0.639. The second-order valence-corrected chi connectivity index (χ2v) is 3.37. The van der Waals surface area contributed by atoms with Crippen LogP contribution in [-0.4, -0.2) is 11.1 Å². The summed E-state index contributed by atoms with van der Waals surface area (Å²) in [5.74, 6) is -0.940. The van der Waals surface area contributed by atoms with E-state index in [-0.39, 0.29) is 0 Å². The van der Waals surface area contributed by atoms with E-state index in [1.54, 1.807) is 24.3 Å². The molecular formula is C8H8O2S2. The summed E-state index contributed by atoms with van der Waals surface area (Å²) in [6.07, 6.45) is 0. The lowest BCUT2D eigenvalue weighted by atomic mass is 10.1. The van der Waals surface area contributed by atoms with Crippen molar-refractivity contribution in [2.75, 3.05) is 0 Å². The van der Waals surface area contributed by atoms with Crippen molar-refractivity contribution < 1.29 is 9.90 Å². The van der Waals surface area contributed by atoms with Crippen LogP contribution in [-0.2, 0) is 4.79 Å². The standard InChI is InChI=1S/C8H8O2S2/c9-8(10)7(12)5-1-3-6(11)4-2-5/h1-4,7,11-12H,(H,9,10). The first-order chi connectivity index (χ1) is 5.61. The third kappa shape index (κ3) is 2.19. The van der Waals surface area contributed by atoms with Crippen molar-refractivity contribution in [2.45, 2.75) is 10.1 Å². The SMILES string of the molecule is O=C(O)C(S)c1ccc(S)cc1. The predicted molar refractivity (Wildman–Crippen MR) is 53.1 cm³/mol. The molecule has 1 aromatic rings. The molecule has 0 bridgehead atoms. The van der Waals surface area contributed by atoms with Crippen LogP contribution in [0.25, 0.3) is 0 Å². The highest BCUT2D eigenvalue weighted by molar-refractivity contribution is 7.81. The van der Waals surface area contributed by atoms with Gasteiger partial charge in [-0.2, -0.15) is 12.6 Å². The fraction of sp³-hybridized carbons (Fsp3) is 0.125. The van der Waals surface area contributed by atoms with Gasteiger partial charge in [-0.15, -0.1) is 12.6 Å². The lowest BCUT2D eigenvalue weighted by molar-refractivity contribution is -0.136. The van der Waals surface area contributed by atoms with Crippen molar-refractivity contribution in [2.24, 2.45) is 0 Å². The first-order valence-electron chi connectivity index (χ1n) is 3.31. The number of benzene rings is 1. The van der Waals surface area contributed by atoms with Gasteiger partial charge in [0.15, 0.2) is 0 Å². The number of hydrogen-bond acceptors (Lipinski definition) is 3. The number of hydrogen-bond donors (Lipinski definition) is 3. The van der Waals surface area contributed by atoms with Crippen LogP contribution in [0.2, 0.25) is 0 Å². The molecule has 0 aromatic heterocycles. The topological polar surface area (TPSA) is 37.3 Å². The summed E-state index contributed by atoms with van der Waals surface area (Å²) in [6, 6.07) is 6.89. The van der Waals surface area contributed by atoms with Crippen LogP contribution in [0.5, 0.6) is 0 Å². The van der Waals surface area contributed by atoms with Crippen LogP contribution < -0.4 is 0 Å². The molecule has 1 unspecified atom stereocenters. The molecule has 0 spiro atoms. The number of aliphatic carboxylic acids is 1. The number of rotatable bonds is 2. The van der Waals surface area contributed by atoms with Crippen molar-refractivity contribution in [1.29, 1.82) is 0 Å². The van der Waals surface area contributed by atoms with Gasteiger partial charge in [0.1, 0.15) is 5.25 Å². The molecule has 0 saturated carbocycles. The molecule has 0 heterocycles. The zero-order valence-corrected chi connectivity index (χ0v) is 7.93. The Morgan fingerprint density at radius 1 is 1.33 bits per heavy atom. The van der Waals surface area contributed by atoms with Gasteiger partial charge >= 0.3 is 5.97 Å². The molecule has 1 N–H and O–H groups in total. The third-order valence-corrected chi connectivity index (χ3v) is 2.26. The summed E-state index contributed by atoms with van der Waals surface area (Å²) >= 11 is 8.00. The minimum Gasteiger partial charge on any atom is -0.480 e. The number of carboxylic acid groups (broad SMARTS) is 1. The Balaban J connectivity index is 2.89. The molecular weight excluding hydrogens is 192 g/mol. The predicted octanol–water partition coefficient (Wildman–Crippen LogP) is 2.03. The summed E-state index contributed by atoms with van der Waals surface area (Å²) in [5, 5.41) is 7.86. The Bertz CT molecular complexity index is 282. The number of carboxylic acids is 1. The molecule has 0 aliphatic carbocycles. The fourth-order valence-electron chi connectivity index (χ4n) is 0.799. The summed E-state index contributed by atoms with van der Waals surface area (Å²) < 4.78 is 0. The van der Waals surface area contributed by atoms with E-state index >= 15 is 0 Å². The van der Waals surface area contributed by atoms with E-state index in [4.69, 9.17) is 5.11 Å². The van der Waals surface area contributed by atoms with E-state index in [2.05, 4.69) is 25.3 Å². The van der Waals surface area contributed by atoms with E-state index in [1.165, 1.54) is 0 Å². The Hall–Kier alpha value is -0.610. The van der Waals surface area contributed by atoms with Gasteiger partial charge in [-0.05, 0) is 17.7 Å². The minimum absolute atomic E-state index is 0.670. The van der Waals surface area contributed by atoms with Crippen LogP contribution in [0.1, 0.15) is 10.8 Å².